The molecule has 0 amide bonds. The number of aromatic nitrogens is 2. The van der Waals surface area contributed by atoms with Crippen LogP contribution in [0.3, 0.4) is 0 Å². The normalized spacial score (nSPS) is 24.7. The zero-order chi connectivity index (χ0) is 21.0. The topological polar surface area (TPSA) is 69.6 Å². The number of hydrogen-bond acceptors (Lipinski definition) is 6. The fourth-order valence-electron chi connectivity index (χ4n) is 5.83. The molecule has 6 nitrogen and oxygen atoms in total. The lowest BCUT2D eigenvalue weighted by molar-refractivity contribution is 0.119. The molecule has 6 rings (SSSR count). The molecular weight excluding hydrogens is 408 g/mol. The van der Waals surface area contributed by atoms with Crippen LogP contribution in [0, 0.1) is 0 Å². The average molecular weight is 439 g/mol. The molecule has 2 aromatic rings. The number of fused-ring (bicyclic) bond motifs is 2. The van der Waals surface area contributed by atoms with Crippen LogP contribution in [0.5, 0.6) is 0 Å². The zero-order valence-electron chi connectivity index (χ0n) is 17.9. The first-order chi connectivity index (χ1) is 15.2. The minimum absolute atomic E-state index is 0.0924. The summed E-state index contributed by atoms with van der Waals surface area (Å²) in [6.07, 6.45) is 10.7. The molecule has 1 aromatic carbocycles. The van der Waals surface area contributed by atoms with Crippen molar-refractivity contribution in [2.75, 3.05) is 35.4 Å². The van der Waals surface area contributed by atoms with Gasteiger partial charge in [0.15, 0.2) is 5.82 Å². The Bertz CT molecular complexity index is 1020. The summed E-state index contributed by atoms with van der Waals surface area (Å²) < 4.78 is 12.6. The van der Waals surface area contributed by atoms with Crippen LogP contribution in [-0.2, 0) is 23.6 Å². The summed E-state index contributed by atoms with van der Waals surface area (Å²) in [5.74, 6) is 2.54. The molecule has 1 N–H and O–H groups in total. The Morgan fingerprint density at radius 3 is 2.68 bits per heavy atom. The number of piperidine rings is 1. The average Bonchev–Trinajstić information content (AvgIpc) is 3.38. The van der Waals surface area contributed by atoms with Gasteiger partial charge in [0.1, 0.15) is 10.8 Å². The fraction of sp³-hybridized carbons (Fsp3) is 0.583. The summed E-state index contributed by atoms with van der Waals surface area (Å²) in [7, 11) is -1.12. The van der Waals surface area contributed by atoms with Gasteiger partial charge < -0.3 is 14.9 Å². The van der Waals surface area contributed by atoms with E-state index in [0.29, 0.717) is 11.8 Å². The van der Waals surface area contributed by atoms with Gasteiger partial charge in [-0.2, -0.15) is 4.98 Å². The Kier molecular flexibility index (Phi) is 4.79. The molecule has 2 aliphatic carbocycles. The molecule has 0 bridgehead atoms. The van der Waals surface area contributed by atoms with E-state index in [1.54, 1.807) is 17.3 Å². The molecule has 0 unspecified atom stereocenters. The van der Waals surface area contributed by atoms with E-state index in [1.165, 1.54) is 24.8 Å². The number of nitrogens with zero attached hydrogens (tertiary/aromatic N) is 4. The second-order valence-corrected chi connectivity index (χ2v) is 11.0. The fourth-order valence-corrected chi connectivity index (χ4v) is 7.12. The zero-order valence-corrected chi connectivity index (χ0v) is 18.7. The number of aliphatic hydroxyl groups excluding tert-OH is 1. The minimum atomic E-state index is -1.12. The first-order valence-corrected chi connectivity index (χ1v) is 13.0. The molecule has 164 valence electrons. The van der Waals surface area contributed by atoms with Crippen LogP contribution < -0.4 is 9.80 Å². The molecule has 2 aliphatic heterocycles. The lowest BCUT2D eigenvalue weighted by atomic mass is 9.76. The van der Waals surface area contributed by atoms with Crippen molar-refractivity contribution in [1.82, 2.24) is 9.97 Å². The van der Waals surface area contributed by atoms with Crippen molar-refractivity contribution in [3.05, 3.63) is 41.1 Å². The molecule has 1 saturated carbocycles. The van der Waals surface area contributed by atoms with E-state index in [-0.39, 0.29) is 12.1 Å². The molecule has 7 heteroatoms. The molecule has 2 fully saturated rings. The molecule has 3 heterocycles. The van der Waals surface area contributed by atoms with Crippen molar-refractivity contribution < 1.29 is 9.32 Å². The summed E-state index contributed by atoms with van der Waals surface area (Å²) in [6.45, 7) is 1.97. The lowest BCUT2D eigenvalue weighted by Crippen LogP contribution is -2.56. The van der Waals surface area contributed by atoms with Gasteiger partial charge >= 0.3 is 0 Å². The number of benzene rings is 1. The van der Waals surface area contributed by atoms with Crippen molar-refractivity contribution >= 4 is 22.6 Å². The Hall–Kier alpha value is -1.99. The monoisotopic (exact) mass is 438 g/mol. The third kappa shape index (κ3) is 3.20. The van der Waals surface area contributed by atoms with Crippen molar-refractivity contribution in [1.29, 1.82) is 0 Å². The van der Waals surface area contributed by atoms with Gasteiger partial charge in [-0.25, -0.2) is 4.98 Å². The third-order valence-corrected chi connectivity index (χ3v) is 9.27. The molecule has 0 radical (unpaired) electrons. The van der Waals surface area contributed by atoms with Crippen molar-refractivity contribution in [2.24, 2.45) is 0 Å². The van der Waals surface area contributed by atoms with Crippen molar-refractivity contribution in [3.63, 3.8) is 0 Å². The van der Waals surface area contributed by atoms with Crippen LogP contribution in [0.1, 0.15) is 61.1 Å². The first kappa shape index (κ1) is 19.7. The van der Waals surface area contributed by atoms with Gasteiger partial charge in [-0.05, 0) is 74.0 Å². The molecule has 31 heavy (non-hydrogen) atoms. The standard InChI is InChI=1S/C24H30N4O2S/c29-15-24(9-2-10-24)28-16-31(30)21-14-25-23(26-22(21)28)27-11-7-18(8-12-27)20-6-5-17-3-1-4-19(17)13-20/h5-6,13-14,18,29H,1-4,7-12,15-16H2/t31-/m1/s1. The predicted molar refractivity (Wildman–Crippen MR) is 122 cm³/mol. The first-order valence-electron chi connectivity index (χ1n) is 11.7. The number of hydrogen-bond donors (Lipinski definition) is 1. The highest BCUT2D eigenvalue weighted by Crippen LogP contribution is 2.44. The van der Waals surface area contributed by atoms with Gasteiger partial charge in [-0.3, -0.25) is 4.21 Å². The van der Waals surface area contributed by atoms with E-state index in [2.05, 4.69) is 33.0 Å². The van der Waals surface area contributed by atoms with Gasteiger partial charge in [-0.1, -0.05) is 18.2 Å². The molecule has 1 aromatic heterocycles. The van der Waals surface area contributed by atoms with Gasteiger partial charge in [0.05, 0.1) is 29.1 Å². The third-order valence-electron chi connectivity index (χ3n) is 7.99. The highest BCUT2D eigenvalue weighted by atomic mass is 32.2. The van der Waals surface area contributed by atoms with Gasteiger partial charge in [-0.15, -0.1) is 0 Å². The summed E-state index contributed by atoms with van der Waals surface area (Å²) >= 11 is 0. The molecule has 0 spiro atoms. The summed E-state index contributed by atoms with van der Waals surface area (Å²) in [5.41, 5.74) is 4.31. The van der Waals surface area contributed by atoms with E-state index >= 15 is 0 Å². The molecular formula is C24H30N4O2S. The van der Waals surface area contributed by atoms with E-state index < -0.39 is 10.8 Å². The van der Waals surface area contributed by atoms with Gasteiger partial charge in [0, 0.05) is 13.1 Å². The van der Waals surface area contributed by atoms with Gasteiger partial charge in [0.2, 0.25) is 5.95 Å². The van der Waals surface area contributed by atoms with Crippen LogP contribution in [-0.4, -0.2) is 50.4 Å². The summed E-state index contributed by atoms with van der Waals surface area (Å²) in [4.78, 5) is 14.6. The Morgan fingerprint density at radius 1 is 1.13 bits per heavy atom. The van der Waals surface area contributed by atoms with E-state index in [4.69, 9.17) is 4.98 Å². The number of aliphatic hydroxyl groups is 1. The van der Waals surface area contributed by atoms with E-state index in [1.807, 2.05) is 0 Å². The van der Waals surface area contributed by atoms with Crippen LogP contribution in [0.4, 0.5) is 11.8 Å². The summed E-state index contributed by atoms with van der Waals surface area (Å²) in [6, 6.07) is 7.14. The van der Waals surface area contributed by atoms with Crippen LogP contribution in [0.15, 0.2) is 29.3 Å². The second kappa shape index (κ2) is 7.55. The van der Waals surface area contributed by atoms with Crippen LogP contribution >= 0.6 is 0 Å². The van der Waals surface area contributed by atoms with E-state index in [9.17, 15) is 9.32 Å². The highest BCUT2D eigenvalue weighted by Gasteiger charge is 2.47. The Balaban J connectivity index is 1.20. The van der Waals surface area contributed by atoms with E-state index in [0.717, 1.165) is 61.9 Å². The SMILES string of the molecule is O=[S@@]1CN(C2(CO)CCC2)c2nc(N3CCC(c4ccc5c(c4)CCC5)CC3)ncc21. The van der Waals surface area contributed by atoms with Crippen LogP contribution in [0.25, 0.3) is 0 Å². The number of anilines is 2. The molecule has 1 atom stereocenters. The quantitative estimate of drug-likeness (QED) is 0.791. The van der Waals surface area contributed by atoms with Crippen molar-refractivity contribution in [3.8, 4) is 0 Å². The maximum absolute atomic E-state index is 12.6. The largest absolute Gasteiger partial charge is 0.394 e. The smallest absolute Gasteiger partial charge is 0.227 e. The van der Waals surface area contributed by atoms with Crippen LogP contribution in [0.2, 0.25) is 0 Å². The minimum Gasteiger partial charge on any atom is -0.394 e. The Labute approximate surface area is 186 Å². The number of aryl methyl sites for hydroxylation is 2. The molecule has 4 aliphatic rings. The highest BCUT2D eigenvalue weighted by molar-refractivity contribution is 7.85. The van der Waals surface area contributed by atoms with Gasteiger partial charge in [0.25, 0.3) is 0 Å². The predicted octanol–water partition coefficient (Wildman–Crippen LogP) is 3.15. The molecule has 1 saturated heterocycles. The maximum Gasteiger partial charge on any atom is 0.227 e. The van der Waals surface area contributed by atoms with Crippen molar-refractivity contribution in [2.45, 2.75) is 67.7 Å². The summed E-state index contributed by atoms with van der Waals surface area (Å²) in [5, 5.41) is 10.0. The second-order valence-electron chi connectivity index (χ2n) is 9.64. The Morgan fingerprint density at radius 2 is 1.94 bits per heavy atom. The maximum atomic E-state index is 12.6. The number of rotatable bonds is 4. The lowest BCUT2D eigenvalue weighted by Gasteiger charge is -2.47.